The maximum absolute atomic E-state index is 13.1. The van der Waals surface area contributed by atoms with Crippen molar-refractivity contribution >= 4 is 28.9 Å². The van der Waals surface area contributed by atoms with E-state index in [2.05, 4.69) is 32.3 Å². The van der Waals surface area contributed by atoms with Crippen LogP contribution in [0.25, 0.3) is 10.7 Å². The summed E-state index contributed by atoms with van der Waals surface area (Å²) < 4.78 is 15.5. The summed E-state index contributed by atoms with van der Waals surface area (Å²) >= 11 is 3.09. The summed E-state index contributed by atoms with van der Waals surface area (Å²) in [5.41, 5.74) is 2.82. The Labute approximate surface area is 197 Å². The SMILES string of the molecule is COCC(C)n1c(C)cc(C(=O)CSc2nnc(-c3cccs3)n2CC2CCCO2)c1C. The van der Waals surface area contributed by atoms with Crippen molar-refractivity contribution in [3.05, 3.63) is 40.5 Å². The topological polar surface area (TPSA) is 71.2 Å². The van der Waals surface area contributed by atoms with Crippen molar-refractivity contribution < 1.29 is 14.3 Å². The first-order valence-corrected chi connectivity index (χ1v) is 12.8. The third kappa shape index (κ3) is 4.85. The van der Waals surface area contributed by atoms with Gasteiger partial charge in [-0.1, -0.05) is 17.8 Å². The van der Waals surface area contributed by atoms with Crippen LogP contribution in [0.5, 0.6) is 0 Å². The molecular formula is C23H30N4O3S2. The molecule has 3 aromatic rings. The van der Waals surface area contributed by atoms with Gasteiger partial charge in [-0.25, -0.2) is 0 Å². The fourth-order valence-corrected chi connectivity index (χ4v) is 5.95. The first-order chi connectivity index (χ1) is 15.5. The number of nitrogens with zero attached hydrogens (tertiary/aromatic N) is 4. The van der Waals surface area contributed by atoms with Crippen molar-refractivity contribution in [3.63, 3.8) is 0 Å². The van der Waals surface area contributed by atoms with Gasteiger partial charge in [0.25, 0.3) is 0 Å². The molecule has 32 heavy (non-hydrogen) atoms. The number of hydrogen-bond acceptors (Lipinski definition) is 7. The third-order valence-corrected chi connectivity index (χ3v) is 7.67. The molecule has 1 fully saturated rings. The molecule has 0 bridgehead atoms. The molecule has 9 heteroatoms. The predicted molar refractivity (Wildman–Crippen MR) is 128 cm³/mol. The van der Waals surface area contributed by atoms with E-state index >= 15 is 0 Å². The van der Waals surface area contributed by atoms with Gasteiger partial charge in [-0.3, -0.25) is 9.36 Å². The van der Waals surface area contributed by atoms with E-state index in [1.807, 2.05) is 31.4 Å². The summed E-state index contributed by atoms with van der Waals surface area (Å²) in [7, 11) is 1.70. The Balaban J connectivity index is 1.52. The summed E-state index contributed by atoms with van der Waals surface area (Å²) in [6.45, 7) is 8.27. The van der Waals surface area contributed by atoms with Gasteiger partial charge in [0.1, 0.15) is 0 Å². The van der Waals surface area contributed by atoms with Crippen molar-refractivity contribution in [2.24, 2.45) is 0 Å². The van der Waals surface area contributed by atoms with E-state index < -0.39 is 0 Å². The Bertz CT molecular complexity index is 1050. The second-order valence-electron chi connectivity index (χ2n) is 8.20. The number of Topliss-reactive ketones (excluding diaryl/α,β-unsaturated/α-hetero) is 1. The Morgan fingerprint density at radius 2 is 2.25 bits per heavy atom. The second kappa shape index (κ2) is 10.3. The van der Waals surface area contributed by atoms with E-state index in [1.54, 1.807) is 18.4 Å². The van der Waals surface area contributed by atoms with Crippen molar-refractivity contribution in [3.8, 4) is 10.7 Å². The van der Waals surface area contributed by atoms with Crippen LogP contribution < -0.4 is 0 Å². The predicted octanol–water partition coefficient (Wildman–Crippen LogP) is 4.79. The van der Waals surface area contributed by atoms with Crippen LogP contribution in [0, 0.1) is 13.8 Å². The molecule has 1 saturated heterocycles. The number of aromatic nitrogens is 4. The van der Waals surface area contributed by atoms with Crippen LogP contribution in [0.3, 0.4) is 0 Å². The maximum Gasteiger partial charge on any atom is 0.192 e. The number of thioether (sulfide) groups is 1. The molecule has 1 aliphatic heterocycles. The summed E-state index contributed by atoms with van der Waals surface area (Å²) in [4.78, 5) is 14.2. The molecule has 0 saturated carbocycles. The third-order valence-electron chi connectivity index (χ3n) is 5.83. The molecule has 0 spiro atoms. The zero-order valence-corrected chi connectivity index (χ0v) is 20.7. The number of carbonyl (C=O) groups excluding carboxylic acids is 1. The number of carbonyl (C=O) groups is 1. The number of rotatable bonds is 10. The Kier molecular flexibility index (Phi) is 7.50. The Morgan fingerprint density at radius 3 is 2.94 bits per heavy atom. The van der Waals surface area contributed by atoms with Gasteiger partial charge in [-0.15, -0.1) is 21.5 Å². The van der Waals surface area contributed by atoms with Crippen molar-refractivity contribution in [1.82, 2.24) is 19.3 Å². The van der Waals surface area contributed by atoms with E-state index in [1.165, 1.54) is 11.8 Å². The Hall–Kier alpha value is -1.94. The molecule has 1 aliphatic rings. The molecule has 0 amide bonds. The molecule has 0 radical (unpaired) electrons. The molecular weight excluding hydrogens is 444 g/mol. The second-order valence-corrected chi connectivity index (χ2v) is 10.1. The van der Waals surface area contributed by atoms with Gasteiger partial charge in [-0.2, -0.15) is 0 Å². The lowest BCUT2D eigenvalue weighted by atomic mass is 10.2. The molecule has 7 nitrogen and oxygen atoms in total. The fourth-order valence-electron chi connectivity index (χ4n) is 4.40. The zero-order valence-electron chi connectivity index (χ0n) is 19.0. The number of ketones is 1. The molecule has 4 heterocycles. The summed E-state index contributed by atoms with van der Waals surface area (Å²) in [6, 6.07) is 6.23. The highest BCUT2D eigenvalue weighted by molar-refractivity contribution is 7.99. The molecule has 0 N–H and O–H groups in total. The molecule has 0 aromatic carbocycles. The van der Waals surface area contributed by atoms with Crippen LogP contribution in [-0.2, 0) is 16.0 Å². The summed E-state index contributed by atoms with van der Waals surface area (Å²) in [5.74, 6) is 1.26. The highest BCUT2D eigenvalue weighted by Crippen LogP contribution is 2.30. The standard InChI is InChI=1S/C23H30N4O3S2/c1-15-11-19(17(3)27(15)16(2)13-29-4)20(28)14-32-23-25-24-22(21-8-6-10-31-21)26(23)12-18-7-5-9-30-18/h6,8,10-11,16,18H,5,7,9,12-14H2,1-4H3. The van der Waals surface area contributed by atoms with Crippen LogP contribution in [0.15, 0.2) is 28.7 Å². The number of thiophene rings is 1. The van der Waals surface area contributed by atoms with Gasteiger partial charge >= 0.3 is 0 Å². The highest BCUT2D eigenvalue weighted by atomic mass is 32.2. The number of hydrogen-bond donors (Lipinski definition) is 0. The van der Waals surface area contributed by atoms with E-state index in [0.717, 1.165) is 52.3 Å². The Morgan fingerprint density at radius 1 is 1.41 bits per heavy atom. The maximum atomic E-state index is 13.1. The van der Waals surface area contributed by atoms with E-state index in [9.17, 15) is 4.79 Å². The average Bonchev–Trinajstić information content (AvgIpc) is 3.55. The van der Waals surface area contributed by atoms with Gasteiger partial charge in [0.2, 0.25) is 0 Å². The van der Waals surface area contributed by atoms with Crippen LogP contribution in [0.1, 0.15) is 47.6 Å². The van der Waals surface area contributed by atoms with Crippen molar-refractivity contribution in [2.45, 2.75) is 57.5 Å². The van der Waals surface area contributed by atoms with Crippen LogP contribution in [0.2, 0.25) is 0 Å². The van der Waals surface area contributed by atoms with Gasteiger partial charge in [0.15, 0.2) is 16.8 Å². The molecule has 2 unspecified atom stereocenters. The first kappa shape index (κ1) is 23.2. The van der Waals surface area contributed by atoms with Crippen LogP contribution in [-0.4, -0.2) is 57.3 Å². The quantitative estimate of drug-likeness (QED) is 0.311. The van der Waals surface area contributed by atoms with Gasteiger partial charge in [0, 0.05) is 30.7 Å². The number of ether oxygens (including phenoxy) is 2. The minimum Gasteiger partial charge on any atom is -0.383 e. The lowest BCUT2D eigenvalue weighted by molar-refractivity contribution is 0.0953. The van der Waals surface area contributed by atoms with E-state index in [0.29, 0.717) is 18.9 Å². The van der Waals surface area contributed by atoms with Crippen LogP contribution >= 0.6 is 23.1 Å². The summed E-state index contributed by atoms with van der Waals surface area (Å²) in [5, 5.41) is 11.7. The number of methoxy groups -OCH3 is 1. The lowest BCUT2D eigenvalue weighted by Crippen LogP contribution is -2.17. The van der Waals surface area contributed by atoms with E-state index in [4.69, 9.17) is 9.47 Å². The normalized spacial score (nSPS) is 17.2. The van der Waals surface area contributed by atoms with Crippen molar-refractivity contribution in [1.29, 1.82) is 0 Å². The van der Waals surface area contributed by atoms with Gasteiger partial charge in [0.05, 0.1) is 35.9 Å². The summed E-state index contributed by atoms with van der Waals surface area (Å²) in [6.07, 6.45) is 2.29. The van der Waals surface area contributed by atoms with E-state index in [-0.39, 0.29) is 17.9 Å². The van der Waals surface area contributed by atoms with Gasteiger partial charge in [-0.05, 0) is 51.1 Å². The number of aryl methyl sites for hydroxylation is 1. The molecule has 4 rings (SSSR count). The minimum atomic E-state index is 0.100. The molecule has 0 aliphatic carbocycles. The smallest absolute Gasteiger partial charge is 0.192 e. The fraction of sp³-hybridized carbons (Fsp3) is 0.522. The van der Waals surface area contributed by atoms with Gasteiger partial charge < -0.3 is 14.0 Å². The monoisotopic (exact) mass is 474 g/mol. The molecule has 172 valence electrons. The average molecular weight is 475 g/mol. The minimum absolute atomic E-state index is 0.100. The first-order valence-electron chi connectivity index (χ1n) is 10.9. The lowest BCUT2D eigenvalue weighted by Gasteiger charge is -2.17. The van der Waals surface area contributed by atoms with Crippen LogP contribution in [0.4, 0.5) is 0 Å². The van der Waals surface area contributed by atoms with Crippen molar-refractivity contribution in [2.75, 3.05) is 26.1 Å². The largest absolute Gasteiger partial charge is 0.383 e. The molecule has 3 aromatic heterocycles. The molecule has 2 atom stereocenters. The zero-order chi connectivity index (χ0) is 22.7. The highest BCUT2D eigenvalue weighted by Gasteiger charge is 2.24.